The molecule has 2 rings (SSSR count). The first-order valence-corrected chi connectivity index (χ1v) is 8.86. The predicted octanol–water partition coefficient (Wildman–Crippen LogP) is 1.60. The van der Waals surface area contributed by atoms with E-state index in [-0.39, 0.29) is 17.7 Å². The van der Waals surface area contributed by atoms with Crippen molar-refractivity contribution in [3.63, 3.8) is 0 Å². The van der Waals surface area contributed by atoms with E-state index in [9.17, 15) is 9.59 Å². The average Bonchev–Trinajstić information content (AvgIpc) is 3.05. The molecule has 1 aromatic rings. The molecule has 1 aliphatic heterocycles. The van der Waals surface area contributed by atoms with Gasteiger partial charge >= 0.3 is 0 Å². The number of hydrogen-bond acceptors (Lipinski definition) is 4. The molecule has 1 aromatic heterocycles. The van der Waals surface area contributed by atoms with E-state index in [1.165, 1.54) is 4.88 Å². The molecule has 2 heterocycles. The fourth-order valence-corrected chi connectivity index (χ4v) is 3.25. The average molecular weight is 323 g/mol. The Balaban J connectivity index is 1.64. The molecule has 0 bridgehead atoms. The fourth-order valence-electron chi connectivity index (χ4n) is 2.60. The van der Waals surface area contributed by atoms with Gasteiger partial charge in [0.25, 0.3) is 0 Å². The van der Waals surface area contributed by atoms with Crippen molar-refractivity contribution in [2.75, 3.05) is 26.2 Å². The minimum Gasteiger partial charge on any atom is -0.356 e. The highest BCUT2D eigenvalue weighted by atomic mass is 32.1. The van der Waals surface area contributed by atoms with Gasteiger partial charge in [-0.25, -0.2) is 0 Å². The summed E-state index contributed by atoms with van der Waals surface area (Å²) in [5, 5.41) is 7.91. The van der Waals surface area contributed by atoms with Gasteiger partial charge < -0.3 is 10.6 Å². The number of rotatable bonds is 7. The summed E-state index contributed by atoms with van der Waals surface area (Å²) in [5.74, 6) is 0.336. The largest absolute Gasteiger partial charge is 0.356 e. The maximum atomic E-state index is 11.9. The van der Waals surface area contributed by atoms with Gasteiger partial charge in [-0.1, -0.05) is 13.0 Å². The zero-order valence-electron chi connectivity index (χ0n) is 13.1. The molecular formula is C16H25N3O2S. The van der Waals surface area contributed by atoms with E-state index in [4.69, 9.17) is 0 Å². The van der Waals surface area contributed by atoms with Gasteiger partial charge in [-0.15, -0.1) is 11.3 Å². The van der Waals surface area contributed by atoms with Crippen LogP contribution in [0.2, 0.25) is 0 Å². The Morgan fingerprint density at radius 1 is 1.32 bits per heavy atom. The van der Waals surface area contributed by atoms with Crippen molar-refractivity contribution in [3.8, 4) is 0 Å². The van der Waals surface area contributed by atoms with Crippen LogP contribution >= 0.6 is 11.3 Å². The zero-order chi connectivity index (χ0) is 15.8. The second kappa shape index (κ2) is 8.90. The molecule has 2 amide bonds. The Kier molecular flexibility index (Phi) is 6.86. The van der Waals surface area contributed by atoms with Crippen molar-refractivity contribution >= 4 is 23.2 Å². The Morgan fingerprint density at radius 3 is 2.73 bits per heavy atom. The maximum Gasteiger partial charge on any atom is 0.234 e. The number of likely N-dealkylation sites (tertiary alicyclic amines) is 1. The molecule has 2 N–H and O–H groups in total. The molecule has 0 aromatic carbocycles. The quantitative estimate of drug-likeness (QED) is 0.801. The molecule has 122 valence electrons. The van der Waals surface area contributed by atoms with Gasteiger partial charge in [0, 0.05) is 17.3 Å². The van der Waals surface area contributed by atoms with E-state index in [0.29, 0.717) is 13.1 Å². The summed E-state index contributed by atoms with van der Waals surface area (Å²) >= 11 is 1.65. The first kappa shape index (κ1) is 17.0. The molecule has 6 heteroatoms. The van der Waals surface area contributed by atoms with Crippen LogP contribution in [0.3, 0.4) is 0 Å². The molecule has 0 unspecified atom stereocenters. The van der Waals surface area contributed by atoms with Gasteiger partial charge in [0.1, 0.15) is 0 Å². The number of carbonyl (C=O) groups is 2. The highest BCUT2D eigenvalue weighted by Crippen LogP contribution is 2.17. The van der Waals surface area contributed by atoms with Crippen molar-refractivity contribution in [2.24, 2.45) is 5.92 Å². The lowest BCUT2D eigenvalue weighted by atomic mass is 9.96. The summed E-state index contributed by atoms with van der Waals surface area (Å²) in [6.07, 6.45) is 2.65. The zero-order valence-corrected chi connectivity index (χ0v) is 14.0. The summed E-state index contributed by atoms with van der Waals surface area (Å²) in [7, 11) is 0. The van der Waals surface area contributed by atoms with Crippen LogP contribution in [-0.2, 0) is 16.1 Å². The Labute approximate surface area is 136 Å². The summed E-state index contributed by atoms with van der Waals surface area (Å²) in [5.41, 5.74) is 0. The van der Waals surface area contributed by atoms with Gasteiger partial charge in [-0.05, 0) is 43.8 Å². The molecule has 5 nitrogen and oxygen atoms in total. The number of nitrogens with zero attached hydrogens (tertiary/aromatic N) is 1. The SMILES string of the molecule is CCCNC(=O)C1CCN(CC(=O)NCc2cccs2)CC1. The third kappa shape index (κ3) is 5.42. The molecule has 1 saturated heterocycles. The monoisotopic (exact) mass is 323 g/mol. The molecule has 0 saturated carbocycles. The van der Waals surface area contributed by atoms with E-state index in [1.54, 1.807) is 11.3 Å². The van der Waals surface area contributed by atoms with E-state index in [2.05, 4.69) is 22.5 Å². The molecule has 0 spiro atoms. The standard InChI is InChI=1S/C16H25N3O2S/c1-2-7-17-16(21)13-5-8-19(9-6-13)12-15(20)18-11-14-4-3-10-22-14/h3-4,10,13H,2,5-9,11-12H2,1H3,(H,17,21)(H,18,20). The second-order valence-electron chi connectivity index (χ2n) is 5.70. The first-order valence-electron chi connectivity index (χ1n) is 7.98. The lowest BCUT2D eigenvalue weighted by Gasteiger charge is -2.30. The number of hydrogen-bond donors (Lipinski definition) is 2. The summed E-state index contributed by atoms with van der Waals surface area (Å²) in [6.45, 7) is 5.47. The molecule has 0 aliphatic carbocycles. The number of piperidine rings is 1. The third-order valence-electron chi connectivity index (χ3n) is 3.91. The summed E-state index contributed by atoms with van der Waals surface area (Å²) in [6, 6.07) is 4.01. The van der Waals surface area contributed by atoms with Crippen LogP contribution in [0.15, 0.2) is 17.5 Å². The van der Waals surface area contributed by atoms with E-state index < -0.39 is 0 Å². The van der Waals surface area contributed by atoms with Crippen LogP contribution in [0.4, 0.5) is 0 Å². The van der Waals surface area contributed by atoms with Gasteiger partial charge in [0.05, 0.1) is 13.1 Å². The van der Waals surface area contributed by atoms with Crippen molar-refractivity contribution in [1.82, 2.24) is 15.5 Å². The highest BCUT2D eigenvalue weighted by Gasteiger charge is 2.25. The molecular weight excluding hydrogens is 298 g/mol. The molecule has 22 heavy (non-hydrogen) atoms. The molecule has 1 aliphatic rings. The summed E-state index contributed by atoms with van der Waals surface area (Å²) in [4.78, 5) is 27.1. The number of nitrogens with one attached hydrogen (secondary N) is 2. The lowest BCUT2D eigenvalue weighted by molar-refractivity contribution is -0.126. The van der Waals surface area contributed by atoms with Crippen molar-refractivity contribution in [2.45, 2.75) is 32.7 Å². The molecule has 1 fully saturated rings. The van der Waals surface area contributed by atoms with Crippen LogP contribution in [0, 0.1) is 5.92 Å². The second-order valence-corrected chi connectivity index (χ2v) is 6.73. The van der Waals surface area contributed by atoms with Crippen LogP contribution in [0.1, 0.15) is 31.1 Å². The Hall–Kier alpha value is -1.40. The predicted molar refractivity (Wildman–Crippen MR) is 88.6 cm³/mol. The first-order chi connectivity index (χ1) is 10.7. The van der Waals surface area contributed by atoms with Crippen molar-refractivity contribution < 1.29 is 9.59 Å². The van der Waals surface area contributed by atoms with E-state index >= 15 is 0 Å². The minimum atomic E-state index is 0.0577. The van der Waals surface area contributed by atoms with Crippen molar-refractivity contribution in [3.05, 3.63) is 22.4 Å². The van der Waals surface area contributed by atoms with E-state index in [0.717, 1.165) is 38.9 Å². The van der Waals surface area contributed by atoms with Gasteiger partial charge in [-0.2, -0.15) is 0 Å². The molecule has 0 atom stereocenters. The fraction of sp³-hybridized carbons (Fsp3) is 0.625. The lowest BCUT2D eigenvalue weighted by Crippen LogP contribution is -2.44. The third-order valence-corrected chi connectivity index (χ3v) is 4.79. The van der Waals surface area contributed by atoms with Crippen LogP contribution in [0.5, 0.6) is 0 Å². The van der Waals surface area contributed by atoms with Crippen LogP contribution in [0.25, 0.3) is 0 Å². The Bertz CT molecular complexity index is 468. The smallest absolute Gasteiger partial charge is 0.234 e. The Morgan fingerprint density at radius 2 is 2.09 bits per heavy atom. The highest BCUT2D eigenvalue weighted by molar-refractivity contribution is 7.09. The topological polar surface area (TPSA) is 61.4 Å². The van der Waals surface area contributed by atoms with Gasteiger partial charge in [0.2, 0.25) is 11.8 Å². The number of thiophene rings is 1. The van der Waals surface area contributed by atoms with Crippen molar-refractivity contribution in [1.29, 1.82) is 0 Å². The minimum absolute atomic E-state index is 0.0577. The van der Waals surface area contributed by atoms with Crippen LogP contribution in [-0.4, -0.2) is 42.9 Å². The molecule has 0 radical (unpaired) electrons. The van der Waals surface area contributed by atoms with Crippen LogP contribution < -0.4 is 10.6 Å². The van der Waals surface area contributed by atoms with Gasteiger partial charge in [0.15, 0.2) is 0 Å². The normalized spacial score (nSPS) is 16.4. The van der Waals surface area contributed by atoms with E-state index in [1.807, 2.05) is 17.5 Å². The van der Waals surface area contributed by atoms with Gasteiger partial charge in [-0.3, -0.25) is 14.5 Å². The number of carbonyl (C=O) groups excluding carboxylic acids is 2. The summed E-state index contributed by atoms with van der Waals surface area (Å²) < 4.78 is 0. The number of amides is 2. The maximum absolute atomic E-state index is 11.9.